The molecule has 0 aliphatic carbocycles. The lowest BCUT2D eigenvalue weighted by Crippen LogP contribution is -2.29. The van der Waals surface area contributed by atoms with Gasteiger partial charge in [0.15, 0.2) is 0 Å². The summed E-state index contributed by atoms with van der Waals surface area (Å²) in [6, 6.07) is 2.03. The number of nitrogens with one attached hydrogen (secondary N) is 1. The standard InChI is InChI=1S/C13H18N6.ClH/c1-19-8-16-7-12(19)11-5-10(17-13(14)18-11)9-3-2-4-15-6-9;/h5,7-9,15H,2-4,6H2,1H3,(H2,14,17,18);1H. The molecule has 3 N–H and O–H groups in total. The maximum atomic E-state index is 5.85. The van der Waals surface area contributed by atoms with E-state index in [1.807, 2.05) is 17.7 Å². The Morgan fingerprint density at radius 3 is 2.90 bits per heavy atom. The second-order valence-corrected chi connectivity index (χ2v) is 4.97. The van der Waals surface area contributed by atoms with Gasteiger partial charge in [-0.1, -0.05) is 0 Å². The van der Waals surface area contributed by atoms with Crippen LogP contribution >= 0.6 is 12.4 Å². The van der Waals surface area contributed by atoms with E-state index in [-0.39, 0.29) is 12.4 Å². The number of halogens is 1. The molecule has 0 aromatic carbocycles. The highest BCUT2D eigenvalue weighted by Gasteiger charge is 2.18. The molecule has 1 unspecified atom stereocenters. The van der Waals surface area contributed by atoms with Gasteiger partial charge in [-0.3, -0.25) is 0 Å². The number of hydrogen-bond donors (Lipinski definition) is 2. The number of hydrogen-bond acceptors (Lipinski definition) is 5. The van der Waals surface area contributed by atoms with Gasteiger partial charge in [-0.2, -0.15) is 0 Å². The maximum Gasteiger partial charge on any atom is 0.220 e. The Balaban J connectivity index is 0.00000147. The fourth-order valence-electron chi connectivity index (χ4n) is 2.53. The molecule has 0 amide bonds. The van der Waals surface area contributed by atoms with Crippen molar-refractivity contribution in [1.82, 2.24) is 24.8 Å². The summed E-state index contributed by atoms with van der Waals surface area (Å²) in [4.78, 5) is 12.8. The Morgan fingerprint density at radius 2 is 2.25 bits per heavy atom. The number of aryl methyl sites for hydroxylation is 1. The average molecular weight is 295 g/mol. The molecule has 0 saturated carbocycles. The van der Waals surface area contributed by atoms with E-state index in [0.29, 0.717) is 11.9 Å². The van der Waals surface area contributed by atoms with Crippen LogP contribution in [0.5, 0.6) is 0 Å². The number of nitrogens with zero attached hydrogens (tertiary/aromatic N) is 4. The number of imidazole rings is 1. The van der Waals surface area contributed by atoms with E-state index in [4.69, 9.17) is 5.73 Å². The van der Waals surface area contributed by atoms with E-state index in [1.165, 1.54) is 6.42 Å². The Labute approximate surface area is 124 Å². The summed E-state index contributed by atoms with van der Waals surface area (Å²) in [5, 5.41) is 3.40. The Hall–Kier alpha value is -1.66. The molecule has 0 spiro atoms. The zero-order valence-corrected chi connectivity index (χ0v) is 12.2. The number of nitrogens with two attached hydrogens (primary N) is 1. The molecule has 3 rings (SSSR count). The van der Waals surface area contributed by atoms with Gasteiger partial charge >= 0.3 is 0 Å². The second-order valence-electron chi connectivity index (χ2n) is 4.97. The molecule has 108 valence electrons. The van der Waals surface area contributed by atoms with Gasteiger partial charge < -0.3 is 15.6 Å². The van der Waals surface area contributed by atoms with Crippen LogP contribution in [0.15, 0.2) is 18.6 Å². The summed E-state index contributed by atoms with van der Waals surface area (Å²) >= 11 is 0. The summed E-state index contributed by atoms with van der Waals surface area (Å²) in [5.74, 6) is 0.755. The second kappa shape index (κ2) is 6.19. The van der Waals surface area contributed by atoms with Crippen LogP contribution in [0.3, 0.4) is 0 Å². The number of nitrogen functional groups attached to an aromatic ring is 1. The van der Waals surface area contributed by atoms with Crippen LogP contribution in [0.4, 0.5) is 5.95 Å². The van der Waals surface area contributed by atoms with Crippen molar-refractivity contribution in [2.45, 2.75) is 18.8 Å². The predicted molar refractivity (Wildman–Crippen MR) is 80.7 cm³/mol. The van der Waals surface area contributed by atoms with Gasteiger partial charge in [0, 0.05) is 19.5 Å². The van der Waals surface area contributed by atoms with Crippen LogP contribution < -0.4 is 11.1 Å². The van der Waals surface area contributed by atoms with E-state index in [2.05, 4.69) is 20.3 Å². The molecule has 6 nitrogen and oxygen atoms in total. The Bertz CT molecular complexity index is 576. The van der Waals surface area contributed by atoms with Crippen LogP contribution in [-0.4, -0.2) is 32.6 Å². The van der Waals surface area contributed by atoms with Crippen molar-refractivity contribution in [2.24, 2.45) is 7.05 Å². The highest BCUT2D eigenvalue weighted by atomic mass is 35.5. The lowest BCUT2D eigenvalue weighted by atomic mass is 9.95. The van der Waals surface area contributed by atoms with Gasteiger partial charge in [0.05, 0.1) is 29.6 Å². The van der Waals surface area contributed by atoms with Crippen molar-refractivity contribution < 1.29 is 0 Å². The summed E-state index contributed by atoms with van der Waals surface area (Å²) in [6.07, 6.45) is 5.88. The molecule has 3 heterocycles. The molecule has 0 bridgehead atoms. The third-order valence-electron chi connectivity index (χ3n) is 3.56. The Kier molecular flexibility index (Phi) is 4.57. The third kappa shape index (κ3) is 2.91. The van der Waals surface area contributed by atoms with Crippen molar-refractivity contribution in [3.05, 3.63) is 24.3 Å². The lowest BCUT2D eigenvalue weighted by Gasteiger charge is -2.22. The number of aromatic nitrogens is 4. The van der Waals surface area contributed by atoms with E-state index >= 15 is 0 Å². The van der Waals surface area contributed by atoms with E-state index in [1.54, 1.807) is 12.5 Å². The highest BCUT2D eigenvalue weighted by Crippen LogP contribution is 2.25. The molecule has 0 radical (unpaired) electrons. The largest absolute Gasteiger partial charge is 0.368 e. The molecule has 1 aliphatic heterocycles. The van der Waals surface area contributed by atoms with Crippen molar-refractivity contribution in [3.8, 4) is 11.4 Å². The minimum Gasteiger partial charge on any atom is -0.368 e. The molecule has 7 heteroatoms. The first-order chi connectivity index (χ1) is 9.24. The summed E-state index contributed by atoms with van der Waals surface area (Å²) in [7, 11) is 1.95. The first-order valence-electron chi connectivity index (χ1n) is 6.56. The van der Waals surface area contributed by atoms with Gasteiger partial charge in [0.25, 0.3) is 0 Å². The first kappa shape index (κ1) is 14.7. The van der Waals surface area contributed by atoms with Crippen LogP contribution in [0.1, 0.15) is 24.5 Å². The van der Waals surface area contributed by atoms with Crippen molar-refractivity contribution in [1.29, 1.82) is 0 Å². The molecule has 1 fully saturated rings. The quantitative estimate of drug-likeness (QED) is 0.874. The molecule has 2 aromatic heterocycles. The van der Waals surface area contributed by atoms with Gasteiger partial charge in [-0.05, 0) is 25.5 Å². The summed E-state index contributed by atoms with van der Waals surface area (Å²) < 4.78 is 1.94. The number of rotatable bonds is 2. The normalized spacial score (nSPS) is 18.6. The Morgan fingerprint density at radius 1 is 1.40 bits per heavy atom. The van der Waals surface area contributed by atoms with Gasteiger partial charge in [-0.25, -0.2) is 15.0 Å². The van der Waals surface area contributed by atoms with Crippen molar-refractivity contribution in [3.63, 3.8) is 0 Å². The fourth-order valence-corrected chi connectivity index (χ4v) is 2.53. The third-order valence-corrected chi connectivity index (χ3v) is 3.56. The minimum atomic E-state index is 0. The molecule has 1 saturated heterocycles. The number of anilines is 1. The van der Waals surface area contributed by atoms with Gasteiger partial charge in [0.1, 0.15) is 0 Å². The van der Waals surface area contributed by atoms with Crippen molar-refractivity contribution >= 4 is 18.4 Å². The maximum absolute atomic E-state index is 5.85. The van der Waals surface area contributed by atoms with E-state index in [9.17, 15) is 0 Å². The minimum absolute atomic E-state index is 0. The van der Waals surface area contributed by atoms with Gasteiger partial charge in [-0.15, -0.1) is 12.4 Å². The first-order valence-corrected chi connectivity index (χ1v) is 6.56. The summed E-state index contributed by atoms with van der Waals surface area (Å²) in [5.41, 5.74) is 8.67. The average Bonchev–Trinajstić information content (AvgIpc) is 2.85. The SMILES string of the molecule is Cl.Cn1cncc1-c1cc(C2CCCNC2)nc(N)n1. The molecule has 2 aromatic rings. The van der Waals surface area contributed by atoms with Crippen LogP contribution in [0, 0.1) is 0 Å². The zero-order valence-electron chi connectivity index (χ0n) is 11.4. The molecule has 1 aliphatic rings. The van der Waals surface area contributed by atoms with Crippen LogP contribution in [0.25, 0.3) is 11.4 Å². The number of piperidine rings is 1. The monoisotopic (exact) mass is 294 g/mol. The van der Waals surface area contributed by atoms with Gasteiger partial charge in [0.2, 0.25) is 5.95 Å². The van der Waals surface area contributed by atoms with E-state index in [0.717, 1.165) is 36.6 Å². The predicted octanol–water partition coefficient (Wildman–Crippen LogP) is 1.35. The highest BCUT2D eigenvalue weighted by molar-refractivity contribution is 5.85. The molecular weight excluding hydrogens is 276 g/mol. The summed E-state index contributed by atoms with van der Waals surface area (Å²) in [6.45, 7) is 2.05. The van der Waals surface area contributed by atoms with Crippen LogP contribution in [-0.2, 0) is 7.05 Å². The lowest BCUT2D eigenvalue weighted by molar-refractivity contribution is 0.454. The molecule has 20 heavy (non-hydrogen) atoms. The van der Waals surface area contributed by atoms with E-state index < -0.39 is 0 Å². The fraction of sp³-hybridized carbons (Fsp3) is 0.462. The smallest absolute Gasteiger partial charge is 0.220 e. The molecular formula is C13H19ClN6. The van der Waals surface area contributed by atoms with Crippen molar-refractivity contribution in [2.75, 3.05) is 18.8 Å². The molecule has 1 atom stereocenters. The topological polar surface area (TPSA) is 81.7 Å². The zero-order chi connectivity index (χ0) is 13.2. The van der Waals surface area contributed by atoms with Crippen LogP contribution in [0.2, 0.25) is 0 Å².